The molecular formula is C15H23N3O. The molecule has 19 heavy (non-hydrogen) atoms. The van der Waals surface area contributed by atoms with Crippen molar-refractivity contribution in [3.8, 4) is 0 Å². The van der Waals surface area contributed by atoms with Gasteiger partial charge in [-0.1, -0.05) is 31.2 Å². The van der Waals surface area contributed by atoms with Gasteiger partial charge in [-0.3, -0.25) is 0 Å². The fourth-order valence-corrected chi connectivity index (χ4v) is 2.59. The lowest BCUT2D eigenvalue weighted by atomic mass is 10.0. The molecule has 4 nitrogen and oxygen atoms in total. The fourth-order valence-electron chi connectivity index (χ4n) is 2.59. The van der Waals surface area contributed by atoms with Gasteiger partial charge >= 0.3 is 6.03 Å². The number of nitrogens with two attached hydrogens (primary N) is 1. The zero-order valence-electron chi connectivity index (χ0n) is 11.6. The van der Waals surface area contributed by atoms with Gasteiger partial charge in [-0.25, -0.2) is 4.79 Å². The van der Waals surface area contributed by atoms with E-state index in [1.54, 1.807) is 0 Å². The van der Waals surface area contributed by atoms with Crippen LogP contribution in [0.4, 0.5) is 4.79 Å². The molecule has 2 rings (SSSR count). The lowest BCUT2D eigenvalue weighted by Gasteiger charge is -2.31. The van der Waals surface area contributed by atoms with Crippen molar-refractivity contribution in [3.05, 3.63) is 35.4 Å². The molecule has 0 aromatic heterocycles. The Bertz CT molecular complexity index is 433. The molecule has 1 heterocycles. The predicted octanol–water partition coefficient (Wildman–Crippen LogP) is 2.09. The number of hydrogen-bond acceptors (Lipinski definition) is 2. The number of nitrogens with zero attached hydrogens (tertiary/aromatic N) is 1. The predicted molar refractivity (Wildman–Crippen MR) is 76.5 cm³/mol. The van der Waals surface area contributed by atoms with E-state index in [2.05, 4.69) is 12.2 Å². The third kappa shape index (κ3) is 3.70. The molecule has 0 aliphatic carbocycles. The number of piperidine rings is 1. The molecule has 0 radical (unpaired) electrons. The zero-order valence-corrected chi connectivity index (χ0v) is 11.6. The Kier molecular flexibility index (Phi) is 4.80. The van der Waals surface area contributed by atoms with Crippen LogP contribution in [-0.4, -0.2) is 24.0 Å². The van der Waals surface area contributed by atoms with Gasteiger partial charge in [0, 0.05) is 26.2 Å². The van der Waals surface area contributed by atoms with E-state index in [4.69, 9.17) is 5.73 Å². The maximum atomic E-state index is 12.1. The number of carbonyl (C=O) groups excluding carboxylic acids is 1. The van der Waals surface area contributed by atoms with Gasteiger partial charge in [0.05, 0.1) is 0 Å². The molecule has 1 aromatic carbocycles. The monoisotopic (exact) mass is 261 g/mol. The Morgan fingerprint density at radius 2 is 2.16 bits per heavy atom. The maximum absolute atomic E-state index is 12.1. The van der Waals surface area contributed by atoms with Crippen molar-refractivity contribution in [2.45, 2.75) is 32.9 Å². The third-order valence-electron chi connectivity index (χ3n) is 3.71. The van der Waals surface area contributed by atoms with Crippen LogP contribution in [0.15, 0.2) is 24.3 Å². The third-order valence-corrected chi connectivity index (χ3v) is 3.71. The molecule has 4 heteroatoms. The van der Waals surface area contributed by atoms with Crippen LogP contribution < -0.4 is 11.1 Å². The van der Waals surface area contributed by atoms with Crippen molar-refractivity contribution in [1.82, 2.24) is 10.2 Å². The molecule has 1 atom stereocenters. The molecule has 2 amide bonds. The Hall–Kier alpha value is -1.55. The molecule has 1 aliphatic heterocycles. The normalized spacial score (nSPS) is 19.3. The Morgan fingerprint density at radius 1 is 1.42 bits per heavy atom. The second-order valence-electron chi connectivity index (χ2n) is 5.32. The number of likely N-dealkylation sites (tertiary alicyclic amines) is 1. The molecule has 1 unspecified atom stereocenters. The summed E-state index contributed by atoms with van der Waals surface area (Å²) >= 11 is 0. The highest BCUT2D eigenvalue weighted by Crippen LogP contribution is 2.15. The number of benzene rings is 1. The smallest absolute Gasteiger partial charge is 0.317 e. The van der Waals surface area contributed by atoms with Crippen molar-refractivity contribution in [1.29, 1.82) is 0 Å². The molecule has 1 aromatic rings. The summed E-state index contributed by atoms with van der Waals surface area (Å²) in [5.41, 5.74) is 7.89. The molecular weight excluding hydrogens is 238 g/mol. The first-order chi connectivity index (χ1) is 9.20. The van der Waals surface area contributed by atoms with Gasteiger partial charge in [0.25, 0.3) is 0 Å². The maximum Gasteiger partial charge on any atom is 0.317 e. The standard InChI is InChI=1S/C15H23N3O/c1-12-5-4-8-18(11-12)15(19)17-10-14-7-3-2-6-13(14)9-16/h2-3,6-7,12H,4-5,8-11,16H2,1H3,(H,17,19). The molecule has 0 bridgehead atoms. The quantitative estimate of drug-likeness (QED) is 0.875. The average molecular weight is 261 g/mol. The van der Waals surface area contributed by atoms with Crippen LogP contribution in [0.2, 0.25) is 0 Å². The molecule has 1 fully saturated rings. The van der Waals surface area contributed by atoms with Gasteiger partial charge in [-0.05, 0) is 29.9 Å². The second kappa shape index (κ2) is 6.57. The van der Waals surface area contributed by atoms with Crippen LogP contribution in [-0.2, 0) is 13.1 Å². The van der Waals surface area contributed by atoms with Crippen molar-refractivity contribution in [2.75, 3.05) is 13.1 Å². The van der Waals surface area contributed by atoms with E-state index < -0.39 is 0 Å². The highest BCUT2D eigenvalue weighted by Gasteiger charge is 2.20. The summed E-state index contributed by atoms with van der Waals surface area (Å²) in [6, 6.07) is 8.01. The van der Waals surface area contributed by atoms with Crippen LogP contribution in [0.25, 0.3) is 0 Å². The van der Waals surface area contributed by atoms with Crippen LogP contribution in [0.5, 0.6) is 0 Å². The van der Waals surface area contributed by atoms with Crippen LogP contribution in [0.3, 0.4) is 0 Å². The Morgan fingerprint density at radius 3 is 2.84 bits per heavy atom. The van der Waals surface area contributed by atoms with Crippen LogP contribution >= 0.6 is 0 Å². The Labute approximate surface area is 115 Å². The molecule has 104 valence electrons. The minimum Gasteiger partial charge on any atom is -0.334 e. The minimum atomic E-state index is 0.0402. The van der Waals surface area contributed by atoms with E-state index >= 15 is 0 Å². The molecule has 0 saturated carbocycles. The summed E-state index contributed by atoms with van der Waals surface area (Å²) in [5, 5.41) is 3.00. The molecule has 1 aliphatic rings. The lowest BCUT2D eigenvalue weighted by Crippen LogP contribution is -2.44. The van der Waals surface area contributed by atoms with Crippen molar-refractivity contribution in [2.24, 2.45) is 11.7 Å². The van der Waals surface area contributed by atoms with Gasteiger partial charge in [0.15, 0.2) is 0 Å². The van der Waals surface area contributed by atoms with E-state index in [0.29, 0.717) is 19.0 Å². The second-order valence-corrected chi connectivity index (χ2v) is 5.32. The van der Waals surface area contributed by atoms with E-state index in [9.17, 15) is 4.79 Å². The summed E-state index contributed by atoms with van der Waals surface area (Å²) in [4.78, 5) is 14.0. The van der Waals surface area contributed by atoms with Crippen molar-refractivity contribution < 1.29 is 4.79 Å². The van der Waals surface area contributed by atoms with Gasteiger partial charge in [-0.15, -0.1) is 0 Å². The number of carbonyl (C=O) groups is 1. The number of amides is 2. The van der Waals surface area contributed by atoms with Crippen molar-refractivity contribution in [3.63, 3.8) is 0 Å². The highest BCUT2D eigenvalue weighted by molar-refractivity contribution is 5.74. The summed E-state index contributed by atoms with van der Waals surface area (Å²) in [6.07, 6.45) is 2.33. The first kappa shape index (κ1) is 13.9. The number of rotatable bonds is 3. The van der Waals surface area contributed by atoms with E-state index in [0.717, 1.165) is 30.6 Å². The van der Waals surface area contributed by atoms with E-state index in [1.165, 1.54) is 6.42 Å². The van der Waals surface area contributed by atoms with Crippen molar-refractivity contribution >= 4 is 6.03 Å². The minimum absolute atomic E-state index is 0.0402. The SMILES string of the molecule is CC1CCCN(C(=O)NCc2ccccc2CN)C1. The topological polar surface area (TPSA) is 58.4 Å². The fraction of sp³-hybridized carbons (Fsp3) is 0.533. The molecule has 0 spiro atoms. The van der Waals surface area contributed by atoms with Gasteiger partial charge in [0.1, 0.15) is 0 Å². The lowest BCUT2D eigenvalue weighted by molar-refractivity contribution is 0.169. The van der Waals surface area contributed by atoms with E-state index in [1.807, 2.05) is 29.2 Å². The summed E-state index contributed by atoms with van der Waals surface area (Å²) in [6.45, 7) is 4.99. The number of nitrogens with one attached hydrogen (secondary N) is 1. The molecule has 3 N–H and O–H groups in total. The van der Waals surface area contributed by atoms with Crippen LogP contribution in [0, 0.1) is 5.92 Å². The summed E-state index contributed by atoms with van der Waals surface area (Å²) < 4.78 is 0. The first-order valence-corrected chi connectivity index (χ1v) is 7.00. The average Bonchev–Trinajstić information content (AvgIpc) is 2.45. The number of hydrogen-bond donors (Lipinski definition) is 2. The van der Waals surface area contributed by atoms with Crippen LogP contribution in [0.1, 0.15) is 30.9 Å². The van der Waals surface area contributed by atoms with Gasteiger partial charge < -0.3 is 16.0 Å². The Balaban J connectivity index is 1.89. The summed E-state index contributed by atoms with van der Waals surface area (Å²) in [7, 11) is 0. The zero-order chi connectivity index (χ0) is 13.7. The largest absolute Gasteiger partial charge is 0.334 e. The molecule has 1 saturated heterocycles. The first-order valence-electron chi connectivity index (χ1n) is 7.00. The summed E-state index contributed by atoms with van der Waals surface area (Å²) in [5.74, 6) is 0.607. The van der Waals surface area contributed by atoms with Gasteiger partial charge in [-0.2, -0.15) is 0 Å². The number of urea groups is 1. The van der Waals surface area contributed by atoms with Gasteiger partial charge in [0.2, 0.25) is 0 Å². The van der Waals surface area contributed by atoms with E-state index in [-0.39, 0.29) is 6.03 Å². The highest BCUT2D eigenvalue weighted by atomic mass is 16.2.